The second-order valence-corrected chi connectivity index (χ2v) is 5.88. The molecule has 0 aromatic carbocycles. The van der Waals surface area contributed by atoms with Crippen molar-refractivity contribution in [3.05, 3.63) is 0 Å². The zero-order chi connectivity index (χ0) is 13.6. The molecule has 1 rings (SSSR count). The lowest BCUT2D eigenvalue weighted by molar-refractivity contribution is 0.192. The highest BCUT2D eigenvalue weighted by molar-refractivity contribution is 5.17. The van der Waals surface area contributed by atoms with Crippen molar-refractivity contribution in [1.29, 1.82) is 5.26 Å². The van der Waals surface area contributed by atoms with E-state index in [-0.39, 0.29) is 5.54 Å². The monoisotopic (exact) mass is 251 g/mol. The molecular weight excluding hydrogens is 222 g/mol. The second kappa shape index (κ2) is 7.11. The fraction of sp³-hybridized carbons (Fsp3) is 0.933. The van der Waals surface area contributed by atoms with E-state index in [1.807, 2.05) is 0 Å². The molecule has 1 fully saturated rings. The van der Waals surface area contributed by atoms with Gasteiger partial charge in [-0.25, -0.2) is 0 Å². The number of likely N-dealkylation sites (N-methyl/N-ethyl adjacent to an activating group) is 1. The molecule has 3 heteroatoms. The maximum Gasteiger partial charge on any atom is 0.122 e. The molecule has 18 heavy (non-hydrogen) atoms. The number of nitrogens with zero attached hydrogens (tertiary/aromatic N) is 2. The van der Waals surface area contributed by atoms with Crippen LogP contribution in [0.4, 0.5) is 0 Å². The average Bonchev–Trinajstić information content (AvgIpc) is 3.17. The van der Waals surface area contributed by atoms with Crippen molar-refractivity contribution >= 4 is 0 Å². The molecule has 1 aliphatic carbocycles. The zero-order valence-electron chi connectivity index (χ0n) is 12.5. The summed E-state index contributed by atoms with van der Waals surface area (Å²) >= 11 is 0. The molecule has 0 aliphatic heterocycles. The molecular formula is C15H29N3. The maximum absolute atomic E-state index is 9.67. The van der Waals surface area contributed by atoms with Gasteiger partial charge in [-0.2, -0.15) is 5.26 Å². The van der Waals surface area contributed by atoms with E-state index >= 15 is 0 Å². The number of hydrogen-bond acceptors (Lipinski definition) is 3. The highest BCUT2D eigenvalue weighted by atomic mass is 15.2. The molecule has 1 unspecified atom stereocenters. The molecule has 0 spiro atoms. The normalized spacial score (nSPS) is 18.9. The first-order valence-electron chi connectivity index (χ1n) is 7.49. The van der Waals surface area contributed by atoms with Crippen LogP contribution in [0.3, 0.4) is 0 Å². The standard InChI is InChI=1S/C15H29N3/c1-5-7-10-18(6-2)12-15(11-16,14-8-9-14)17-13(3)4/h13-14,17H,5-10,12H2,1-4H3. The van der Waals surface area contributed by atoms with Gasteiger partial charge in [0.15, 0.2) is 0 Å². The smallest absolute Gasteiger partial charge is 0.122 e. The number of hydrogen-bond donors (Lipinski definition) is 1. The van der Waals surface area contributed by atoms with E-state index in [0.29, 0.717) is 12.0 Å². The summed E-state index contributed by atoms with van der Waals surface area (Å²) in [5.41, 5.74) is -0.322. The van der Waals surface area contributed by atoms with Crippen LogP contribution in [0.15, 0.2) is 0 Å². The Morgan fingerprint density at radius 1 is 1.39 bits per heavy atom. The number of nitriles is 1. The fourth-order valence-electron chi connectivity index (χ4n) is 2.63. The van der Waals surface area contributed by atoms with Gasteiger partial charge in [0.05, 0.1) is 6.07 Å². The third-order valence-electron chi connectivity index (χ3n) is 3.77. The molecule has 104 valence electrons. The fourth-order valence-corrected chi connectivity index (χ4v) is 2.63. The first-order chi connectivity index (χ1) is 8.57. The van der Waals surface area contributed by atoms with Crippen LogP contribution < -0.4 is 5.32 Å². The van der Waals surface area contributed by atoms with Crippen LogP contribution in [0.5, 0.6) is 0 Å². The first-order valence-corrected chi connectivity index (χ1v) is 7.49. The molecule has 0 heterocycles. The molecule has 0 saturated heterocycles. The number of rotatable bonds is 9. The van der Waals surface area contributed by atoms with Crippen molar-refractivity contribution in [2.45, 2.75) is 65.0 Å². The molecule has 1 atom stereocenters. The minimum Gasteiger partial charge on any atom is -0.301 e. The zero-order valence-corrected chi connectivity index (χ0v) is 12.5. The van der Waals surface area contributed by atoms with E-state index in [9.17, 15) is 5.26 Å². The van der Waals surface area contributed by atoms with Gasteiger partial charge in [-0.15, -0.1) is 0 Å². The van der Waals surface area contributed by atoms with Gasteiger partial charge >= 0.3 is 0 Å². The van der Waals surface area contributed by atoms with E-state index < -0.39 is 0 Å². The summed E-state index contributed by atoms with van der Waals surface area (Å²) in [6.07, 6.45) is 4.86. The summed E-state index contributed by atoms with van der Waals surface area (Å²) in [4.78, 5) is 2.43. The highest BCUT2D eigenvalue weighted by Gasteiger charge is 2.46. The molecule has 1 aliphatic rings. The average molecular weight is 251 g/mol. The summed E-state index contributed by atoms with van der Waals surface area (Å²) in [5, 5.41) is 13.2. The van der Waals surface area contributed by atoms with Crippen LogP contribution in [-0.2, 0) is 0 Å². The topological polar surface area (TPSA) is 39.1 Å². The van der Waals surface area contributed by atoms with Gasteiger partial charge in [0.25, 0.3) is 0 Å². The van der Waals surface area contributed by atoms with E-state index in [1.165, 1.54) is 25.7 Å². The predicted molar refractivity (Wildman–Crippen MR) is 76.4 cm³/mol. The van der Waals surface area contributed by atoms with Crippen molar-refractivity contribution in [2.24, 2.45) is 5.92 Å². The lowest BCUT2D eigenvalue weighted by Gasteiger charge is -2.35. The summed E-state index contributed by atoms with van der Waals surface area (Å²) in [6.45, 7) is 11.7. The van der Waals surface area contributed by atoms with Crippen LogP contribution >= 0.6 is 0 Å². The van der Waals surface area contributed by atoms with Gasteiger partial charge in [0, 0.05) is 12.6 Å². The third-order valence-corrected chi connectivity index (χ3v) is 3.77. The molecule has 1 saturated carbocycles. The summed E-state index contributed by atoms with van der Waals surface area (Å²) in [7, 11) is 0. The minimum atomic E-state index is -0.322. The Labute approximate surface area is 113 Å². The molecule has 3 nitrogen and oxygen atoms in total. The molecule has 0 aromatic rings. The molecule has 1 N–H and O–H groups in total. The van der Waals surface area contributed by atoms with Crippen molar-refractivity contribution < 1.29 is 0 Å². The Balaban J connectivity index is 2.67. The van der Waals surface area contributed by atoms with Gasteiger partial charge < -0.3 is 4.90 Å². The summed E-state index contributed by atoms with van der Waals surface area (Å²) in [5.74, 6) is 0.556. The van der Waals surface area contributed by atoms with Crippen molar-refractivity contribution in [3.63, 3.8) is 0 Å². The lowest BCUT2D eigenvalue weighted by atomic mass is 9.93. The Morgan fingerprint density at radius 3 is 2.44 bits per heavy atom. The van der Waals surface area contributed by atoms with E-state index in [4.69, 9.17) is 0 Å². The molecule has 0 amide bonds. The molecule has 0 aromatic heterocycles. The van der Waals surface area contributed by atoms with Gasteiger partial charge in [-0.05, 0) is 52.1 Å². The SMILES string of the molecule is CCCCN(CC)CC(C#N)(NC(C)C)C1CC1. The van der Waals surface area contributed by atoms with Crippen molar-refractivity contribution in [1.82, 2.24) is 10.2 Å². The second-order valence-electron chi connectivity index (χ2n) is 5.88. The Bertz CT molecular complexity index is 278. The van der Waals surface area contributed by atoms with Crippen molar-refractivity contribution in [3.8, 4) is 6.07 Å². The number of nitrogens with one attached hydrogen (secondary N) is 1. The Kier molecular flexibility index (Phi) is 6.11. The Hall–Kier alpha value is -0.590. The highest BCUT2D eigenvalue weighted by Crippen LogP contribution is 2.40. The maximum atomic E-state index is 9.67. The summed E-state index contributed by atoms with van der Waals surface area (Å²) < 4.78 is 0. The van der Waals surface area contributed by atoms with Gasteiger partial charge in [0.1, 0.15) is 5.54 Å². The largest absolute Gasteiger partial charge is 0.301 e. The van der Waals surface area contributed by atoms with E-state index in [1.54, 1.807) is 0 Å². The van der Waals surface area contributed by atoms with Gasteiger partial charge in [0.2, 0.25) is 0 Å². The minimum absolute atomic E-state index is 0.322. The van der Waals surface area contributed by atoms with Crippen LogP contribution in [0.25, 0.3) is 0 Å². The lowest BCUT2D eigenvalue weighted by Crippen LogP contribution is -2.56. The molecule has 0 radical (unpaired) electrons. The van der Waals surface area contributed by atoms with E-state index in [0.717, 1.165) is 19.6 Å². The van der Waals surface area contributed by atoms with Gasteiger partial charge in [-0.1, -0.05) is 20.3 Å². The van der Waals surface area contributed by atoms with Crippen LogP contribution in [0.1, 0.15) is 53.4 Å². The van der Waals surface area contributed by atoms with Gasteiger partial charge in [-0.3, -0.25) is 5.32 Å². The van der Waals surface area contributed by atoms with Crippen LogP contribution in [0.2, 0.25) is 0 Å². The third kappa shape index (κ3) is 4.26. The first kappa shape index (κ1) is 15.5. The van der Waals surface area contributed by atoms with Crippen molar-refractivity contribution in [2.75, 3.05) is 19.6 Å². The molecule has 0 bridgehead atoms. The number of unbranched alkanes of at least 4 members (excludes halogenated alkanes) is 1. The summed E-state index contributed by atoms with van der Waals surface area (Å²) in [6, 6.07) is 2.97. The van der Waals surface area contributed by atoms with Crippen LogP contribution in [-0.4, -0.2) is 36.1 Å². The van der Waals surface area contributed by atoms with Crippen LogP contribution in [0, 0.1) is 17.2 Å². The quantitative estimate of drug-likeness (QED) is 0.685. The predicted octanol–water partition coefficient (Wildman–Crippen LogP) is 2.78. The Morgan fingerprint density at radius 2 is 2.06 bits per heavy atom. The van der Waals surface area contributed by atoms with E-state index in [2.05, 4.69) is 44.0 Å².